The maximum Gasteiger partial charge on any atom is 0.307 e. The van der Waals surface area contributed by atoms with Gasteiger partial charge in [0.25, 0.3) is 0 Å². The van der Waals surface area contributed by atoms with Crippen molar-refractivity contribution in [1.82, 2.24) is 10.2 Å². The molecular formula is C14H26N2O2. The van der Waals surface area contributed by atoms with E-state index in [1.54, 1.807) is 0 Å². The fourth-order valence-corrected chi connectivity index (χ4v) is 3.26. The Morgan fingerprint density at radius 2 is 2.06 bits per heavy atom. The van der Waals surface area contributed by atoms with Gasteiger partial charge in [-0.05, 0) is 26.2 Å². The lowest BCUT2D eigenvalue weighted by Crippen LogP contribution is -2.46. The fraction of sp³-hybridized carbons (Fsp3) is 0.929. The molecule has 0 aromatic rings. The van der Waals surface area contributed by atoms with Gasteiger partial charge in [-0.15, -0.1) is 0 Å². The number of ether oxygens (including phenoxy) is 1. The maximum absolute atomic E-state index is 11.6. The van der Waals surface area contributed by atoms with Crippen LogP contribution >= 0.6 is 0 Å². The van der Waals surface area contributed by atoms with E-state index in [2.05, 4.69) is 17.1 Å². The molecule has 1 saturated heterocycles. The smallest absolute Gasteiger partial charge is 0.307 e. The van der Waals surface area contributed by atoms with Crippen LogP contribution in [-0.4, -0.2) is 49.2 Å². The standard InChI is InChI=1S/C14H26N2O2/c1-11-7-8-16(12-5-3-4-6-12)13(10-15-11)9-14(17)18-2/h11-13,15H,3-10H2,1-2H3. The molecule has 1 aliphatic carbocycles. The summed E-state index contributed by atoms with van der Waals surface area (Å²) in [5.41, 5.74) is 0. The lowest BCUT2D eigenvalue weighted by atomic mass is 10.1. The number of esters is 1. The van der Waals surface area contributed by atoms with Crippen molar-refractivity contribution >= 4 is 5.97 Å². The molecule has 0 bridgehead atoms. The van der Waals surface area contributed by atoms with Crippen molar-refractivity contribution < 1.29 is 9.53 Å². The zero-order chi connectivity index (χ0) is 13.0. The average molecular weight is 254 g/mol. The Labute approximate surface area is 110 Å². The normalized spacial score (nSPS) is 31.2. The van der Waals surface area contributed by atoms with Crippen LogP contribution in [0.2, 0.25) is 0 Å². The van der Waals surface area contributed by atoms with E-state index in [9.17, 15) is 4.79 Å². The summed E-state index contributed by atoms with van der Waals surface area (Å²) >= 11 is 0. The Morgan fingerprint density at radius 1 is 1.33 bits per heavy atom. The molecule has 0 spiro atoms. The van der Waals surface area contributed by atoms with Crippen molar-refractivity contribution in [1.29, 1.82) is 0 Å². The summed E-state index contributed by atoms with van der Waals surface area (Å²) in [6.45, 7) is 4.25. The van der Waals surface area contributed by atoms with E-state index in [4.69, 9.17) is 4.74 Å². The minimum atomic E-state index is -0.0839. The van der Waals surface area contributed by atoms with Gasteiger partial charge in [0.05, 0.1) is 13.5 Å². The van der Waals surface area contributed by atoms with E-state index < -0.39 is 0 Å². The highest BCUT2D eigenvalue weighted by Crippen LogP contribution is 2.27. The second kappa shape index (κ2) is 6.53. The molecule has 18 heavy (non-hydrogen) atoms. The van der Waals surface area contributed by atoms with Gasteiger partial charge in [-0.2, -0.15) is 0 Å². The van der Waals surface area contributed by atoms with E-state index in [1.807, 2.05) is 0 Å². The first kappa shape index (κ1) is 13.8. The number of nitrogens with zero attached hydrogens (tertiary/aromatic N) is 1. The largest absolute Gasteiger partial charge is 0.469 e. The van der Waals surface area contributed by atoms with Gasteiger partial charge in [-0.3, -0.25) is 9.69 Å². The summed E-state index contributed by atoms with van der Waals surface area (Å²) in [6, 6.07) is 1.55. The molecule has 0 radical (unpaired) electrons. The van der Waals surface area contributed by atoms with Crippen molar-refractivity contribution in [3.05, 3.63) is 0 Å². The van der Waals surface area contributed by atoms with Crippen molar-refractivity contribution in [2.45, 2.75) is 63.6 Å². The van der Waals surface area contributed by atoms with Crippen LogP contribution in [0.25, 0.3) is 0 Å². The zero-order valence-electron chi connectivity index (χ0n) is 11.7. The highest BCUT2D eigenvalue weighted by atomic mass is 16.5. The van der Waals surface area contributed by atoms with Crippen molar-refractivity contribution in [2.24, 2.45) is 0 Å². The maximum atomic E-state index is 11.6. The van der Waals surface area contributed by atoms with Gasteiger partial charge in [0.2, 0.25) is 0 Å². The first-order valence-corrected chi connectivity index (χ1v) is 7.26. The molecule has 104 valence electrons. The molecule has 1 aliphatic heterocycles. The van der Waals surface area contributed by atoms with Crippen LogP contribution in [0.3, 0.4) is 0 Å². The molecule has 2 atom stereocenters. The Bertz CT molecular complexity index is 277. The zero-order valence-corrected chi connectivity index (χ0v) is 11.7. The predicted octanol–water partition coefficient (Wildman–Crippen LogP) is 1.54. The second-order valence-electron chi connectivity index (χ2n) is 5.71. The van der Waals surface area contributed by atoms with Gasteiger partial charge in [-0.1, -0.05) is 12.8 Å². The number of carbonyl (C=O) groups is 1. The fourth-order valence-electron chi connectivity index (χ4n) is 3.26. The molecule has 2 rings (SSSR count). The second-order valence-corrected chi connectivity index (χ2v) is 5.71. The number of nitrogens with one attached hydrogen (secondary N) is 1. The Hall–Kier alpha value is -0.610. The summed E-state index contributed by atoms with van der Waals surface area (Å²) in [7, 11) is 1.48. The predicted molar refractivity (Wildman–Crippen MR) is 71.5 cm³/mol. The minimum Gasteiger partial charge on any atom is -0.469 e. The molecule has 1 N–H and O–H groups in total. The van der Waals surface area contributed by atoms with Crippen molar-refractivity contribution in [3.63, 3.8) is 0 Å². The van der Waals surface area contributed by atoms with Crippen LogP contribution in [0.4, 0.5) is 0 Å². The van der Waals surface area contributed by atoms with Gasteiger partial charge in [-0.25, -0.2) is 0 Å². The van der Waals surface area contributed by atoms with Crippen LogP contribution in [0.1, 0.15) is 45.4 Å². The third kappa shape index (κ3) is 3.45. The quantitative estimate of drug-likeness (QED) is 0.776. The number of carbonyl (C=O) groups excluding carboxylic acids is 1. The highest BCUT2D eigenvalue weighted by Gasteiger charge is 2.32. The highest BCUT2D eigenvalue weighted by molar-refractivity contribution is 5.70. The van der Waals surface area contributed by atoms with Gasteiger partial charge >= 0.3 is 5.97 Å². The lowest BCUT2D eigenvalue weighted by Gasteiger charge is -2.34. The third-order valence-electron chi connectivity index (χ3n) is 4.41. The molecule has 2 fully saturated rings. The molecule has 1 saturated carbocycles. The molecule has 0 aromatic heterocycles. The Morgan fingerprint density at radius 3 is 2.72 bits per heavy atom. The molecule has 0 aromatic carbocycles. The van der Waals surface area contributed by atoms with Crippen molar-refractivity contribution in [2.75, 3.05) is 20.2 Å². The van der Waals surface area contributed by atoms with Crippen LogP contribution in [-0.2, 0) is 9.53 Å². The first-order chi connectivity index (χ1) is 8.70. The number of hydrogen-bond acceptors (Lipinski definition) is 4. The molecular weight excluding hydrogens is 228 g/mol. The van der Waals surface area contributed by atoms with Gasteiger partial charge in [0.15, 0.2) is 0 Å². The number of rotatable bonds is 3. The van der Waals surface area contributed by atoms with Gasteiger partial charge in [0.1, 0.15) is 0 Å². The van der Waals surface area contributed by atoms with Crippen LogP contribution < -0.4 is 5.32 Å². The topological polar surface area (TPSA) is 41.6 Å². The summed E-state index contributed by atoms with van der Waals surface area (Å²) < 4.78 is 4.84. The monoisotopic (exact) mass is 254 g/mol. The third-order valence-corrected chi connectivity index (χ3v) is 4.41. The molecule has 2 aliphatic rings. The molecule has 1 heterocycles. The number of hydrogen-bond donors (Lipinski definition) is 1. The molecule has 4 nitrogen and oxygen atoms in total. The van der Waals surface area contributed by atoms with E-state index in [1.165, 1.54) is 39.2 Å². The minimum absolute atomic E-state index is 0.0839. The van der Waals surface area contributed by atoms with Crippen LogP contribution in [0, 0.1) is 0 Å². The van der Waals surface area contributed by atoms with E-state index in [-0.39, 0.29) is 5.97 Å². The van der Waals surface area contributed by atoms with Crippen LogP contribution in [0.5, 0.6) is 0 Å². The molecule has 4 heteroatoms. The summed E-state index contributed by atoms with van der Waals surface area (Å²) in [4.78, 5) is 14.1. The van der Waals surface area contributed by atoms with Gasteiger partial charge < -0.3 is 10.1 Å². The lowest BCUT2D eigenvalue weighted by molar-refractivity contribution is -0.142. The van der Waals surface area contributed by atoms with Crippen LogP contribution in [0.15, 0.2) is 0 Å². The Balaban J connectivity index is 2.01. The summed E-state index contributed by atoms with van der Waals surface area (Å²) in [6.07, 6.45) is 6.98. The number of methoxy groups -OCH3 is 1. The summed E-state index contributed by atoms with van der Waals surface area (Å²) in [5, 5.41) is 3.53. The van der Waals surface area contributed by atoms with Crippen molar-refractivity contribution in [3.8, 4) is 0 Å². The summed E-state index contributed by atoms with van der Waals surface area (Å²) in [5.74, 6) is -0.0839. The van der Waals surface area contributed by atoms with E-state index in [0.29, 0.717) is 24.5 Å². The average Bonchev–Trinajstić information content (AvgIpc) is 2.83. The SMILES string of the molecule is COC(=O)CC1CNC(C)CCN1C1CCCC1. The van der Waals surface area contributed by atoms with E-state index >= 15 is 0 Å². The molecule has 2 unspecified atom stereocenters. The first-order valence-electron chi connectivity index (χ1n) is 7.26. The van der Waals surface area contributed by atoms with E-state index in [0.717, 1.165) is 13.1 Å². The van der Waals surface area contributed by atoms with Gasteiger partial charge in [0, 0.05) is 31.2 Å². The molecule has 0 amide bonds. The Kier molecular flexibility index (Phi) is 5.01.